The third-order valence-corrected chi connectivity index (χ3v) is 6.07. The molecule has 2 nitrogen and oxygen atoms in total. The van der Waals surface area contributed by atoms with E-state index in [2.05, 4.69) is 20.4 Å². The van der Waals surface area contributed by atoms with Gasteiger partial charge in [-0.25, -0.2) is 4.79 Å². The number of fused-ring (bicyclic) bond motifs is 1. The molecule has 0 aromatic carbocycles. The van der Waals surface area contributed by atoms with Gasteiger partial charge in [-0.2, -0.15) is 0 Å². The average molecular weight is 248 g/mol. The van der Waals surface area contributed by atoms with E-state index in [1.165, 1.54) is 25.7 Å². The van der Waals surface area contributed by atoms with E-state index in [1.54, 1.807) is 6.92 Å². The predicted octanol–water partition coefficient (Wildman–Crippen LogP) is 3.57. The molecule has 0 radical (unpaired) electrons. The Balaban J connectivity index is 1.84. The van der Waals surface area contributed by atoms with Crippen molar-refractivity contribution in [3.8, 4) is 0 Å². The first-order chi connectivity index (χ1) is 8.41. The fourth-order valence-electron chi connectivity index (χ4n) is 4.67. The first-order valence-electron chi connectivity index (χ1n) is 7.30. The summed E-state index contributed by atoms with van der Waals surface area (Å²) in [6, 6.07) is 0. The maximum Gasteiger partial charge on any atom is 0.333 e. The molecule has 0 heterocycles. The van der Waals surface area contributed by atoms with Crippen LogP contribution in [0.3, 0.4) is 0 Å². The van der Waals surface area contributed by atoms with Crippen molar-refractivity contribution in [1.29, 1.82) is 0 Å². The summed E-state index contributed by atoms with van der Waals surface area (Å²) in [5.41, 5.74) is 0.255. The van der Waals surface area contributed by atoms with Crippen LogP contribution in [0.5, 0.6) is 0 Å². The lowest BCUT2D eigenvalue weighted by Gasteiger charge is -2.46. The number of rotatable bonds is 2. The van der Waals surface area contributed by atoms with Crippen LogP contribution in [-0.4, -0.2) is 11.6 Å². The van der Waals surface area contributed by atoms with Gasteiger partial charge in [-0.15, -0.1) is 0 Å². The number of carbonyl (C=O) groups excluding carboxylic acids is 1. The highest BCUT2D eigenvalue weighted by Crippen LogP contribution is 2.62. The van der Waals surface area contributed by atoms with Crippen molar-refractivity contribution in [3.63, 3.8) is 0 Å². The third kappa shape index (κ3) is 1.57. The SMILES string of the molecule is C=C(C)C(=O)OC1(C)C(C)CC2CC3CC1CC23. The molecule has 3 rings (SSSR count). The Bertz CT molecular complexity index is 400. The fourth-order valence-corrected chi connectivity index (χ4v) is 4.67. The molecule has 3 aliphatic carbocycles. The minimum Gasteiger partial charge on any atom is -0.455 e. The lowest BCUT2D eigenvalue weighted by atomic mass is 9.62. The minimum absolute atomic E-state index is 0.205. The van der Waals surface area contributed by atoms with Gasteiger partial charge in [-0.3, -0.25) is 0 Å². The van der Waals surface area contributed by atoms with Crippen molar-refractivity contribution < 1.29 is 9.53 Å². The Labute approximate surface area is 110 Å². The van der Waals surface area contributed by atoms with E-state index >= 15 is 0 Å². The van der Waals surface area contributed by atoms with Crippen LogP contribution < -0.4 is 0 Å². The summed E-state index contributed by atoms with van der Waals surface area (Å²) < 4.78 is 5.89. The van der Waals surface area contributed by atoms with Crippen LogP contribution in [0.25, 0.3) is 0 Å². The molecular formula is C16H24O2. The summed E-state index contributed by atoms with van der Waals surface area (Å²) in [6.07, 6.45) is 5.21. The van der Waals surface area contributed by atoms with Crippen LogP contribution in [0.2, 0.25) is 0 Å². The van der Waals surface area contributed by atoms with Gasteiger partial charge in [-0.1, -0.05) is 13.5 Å². The number of carbonyl (C=O) groups is 1. The van der Waals surface area contributed by atoms with Crippen molar-refractivity contribution in [2.45, 2.75) is 52.1 Å². The molecule has 0 spiro atoms. The second-order valence-electron chi connectivity index (χ2n) is 7.08. The van der Waals surface area contributed by atoms with E-state index in [9.17, 15) is 4.79 Å². The maximum atomic E-state index is 11.9. The Morgan fingerprint density at radius 1 is 1.22 bits per heavy atom. The second kappa shape index (κ2) is 3.85. The molecule has 3 aliphatic rings. The molecule has 6 unspecified atom stereocenters. The molecule has 6 atom stereocenters. The molecule has 100 valence electrons. The van der Waals surface area contributed by atoms with Crippen LogP contribution >= 0.6 is 0 Å². The molecule has 0 aliphatic heterocycles. The van der Waals surface area contributed by atoms with Crippen molar-refractivity contribution in [3.05, 3.63) is 12.2 Å². The van der Waals surface area contributed by atoms with Gasteiger partial charge in [0.25, 0.3) is 0 Å². The van der Waals surface area contributed by atoms with Crippen molar-refractivity contribution in [1.82, 2.24) is 0 Å². The Hall–Kier alpha value is -0.790. The van der Waals surface area contributed by atoms with Gasteiger partial charge in [0, 0.05) is 5.57 Å². The molecule has 0 N–H and O–H groups in total. The molecule has 0 aromatic rings. The number of esters is 1. The van der Waals surface area contributed by atoms with Crippen LogP contribution in [0.15, 0.2) is 12.2 Å². The lowest BCUT2D eigenvalue weighted by Crippen LogP contribution is -2.46. The maximum absolute atomic E-state index is 11.9. The predicted molar refractivity (Wildman–Crippen MR) is 70.9 cm³/mol. The highest BCUT2D eigenvalue weighted by atomic mass is 16.6. The van der Waals surface area contributed by atoms with Crippen molar-refractivity contribution >= 4 is 5.97 Å². The fraction of sp³-hybridized carbons (Fsp3) is 0.812. The highest BCUT2D eigenvalue weighted by molar-refractivity contribution is 5.87. The molecule has 18 heavy (non-hydrogen) atoms. The van der Waals surface area contributed by atoms with Crippen LogP contribution in [0.4, 0.5) is 0 Å². The quantitative estimate of drug-likeness (QED) is 0.551. The zero-order valence-corrected chi connectivity index (χ0v) is 11.7. The Morgan fingerprint density at radius 2 is 1.89 bits per heavy atom. The molecule has 0 amide bonds. The summed E-state index contributed by atoms with van der Waals surface area (Å²) in [5.74, 6) is 3.60. The molecule has 2 bridgehead atoms. The first kappa shape index (κ1) is 12.3. The van der Waals surface area contributed by atoms with Crippen molar-refractivity contribution in [2.24, 2.45) is 29.6 Å². The van der Waals surface area contributed by atoms with Gasteiger partial charge in [0.05, 0.1) is 0 Å². The van der Waals surface area contributed by atoms with Gasteiger partial charge >= 0.3 is 5.97 Å². The van der Waals surface area contributed by atoms with Crippen molar-refractivity contribution in [2.75, 3.05) is 0 Å². The summed E-state index contributed by atoms with van der Waals surface area (Å²) in [5, 5.41) is 0. The molecule has 0 saturated heterocycles. The van der Waals surface area contributed by atoms with Crippen LogP contribution in [0, 0.1) is 29.6 Å². The lowest BCUT2D eigenvalue weighted by molar-refractivity contribution is -0.167. The number of ether oxygens (including phenoxy) is 1. The largest absolute Gasteiger partial charge is 0.455 e. The summed E-state index contributed by atoms with van der Waals surface area (Å²) >= 11 is 0. The third-order valence-electron chi connectivity index (χ3n) is 6.07. The van der Waals surface area contributed by atoms with E-state index in [1.807, 2.05) is 0 Å². The normalized spacial score (nSPS) is 49.2. The number of hydrogen-bond donors (Lipinski definition) is 0. The average Bonchev–Trinajstić information content (AvgIpc) is 2.59. The van der Waals surface area contributed by atoms with E-state index in [-0.39, 0.29) is 11.6 Å². The van der Waals surface area contributed by atoms with Gasteiger partial charge < -0.3 is 4.74 Å². The van der Waals surface area contributed by atoms with E-state index in [4.69, 9.17) is 4.74 Å². The smallest absolute Gasteiger partial charge is 0.333 e. The van der Waals surface area contributed by atoms with Gasteiger partial charge in [0.1, 0.15) is 5.60 Å². The molecule has 2 heteroatoms. The summed E-state index contributed by atoms with van der Waals surface area (Å²) in [7, 11) is 0. The van der Waals surface area contributed by atoms with Gasteiger partial charge in [0.15, 0.2) is 0 Å². The minimum atomic E-state index is -0.266. The zero-order chi connectivity index (χ0) is 13.1. The highest BCUT2D eigenvalue weighted by Gasteiger charge is 2.58. The van der Waals surface area contributed by atoms with Gasteiger partial charge in [-0.05, 0) is 69.1 Å². The standard InChI is InChI=1S/C16H24O2/c1-9(2)15(17)18-16(4)10(3)5-11-6-12-7-13(16)8-14(11)12/h10-14H,1,5-8H2,2-4H3. The second-order valence-corrected chi connectivity index (χ2v) is 7.08. The summed E-state index contributed by atoms with van der Waals surface area (Å²) in [4.78, 5) is 11.9. The monoisotopic (exact) mass is 248 g/mol. The molecular weight excluding hydrogens is 224 g/mol. The Morgan fingerprint density at radius 3 is 2.56 bits per heavy atom. The summed E-state index contributed by atoms with van der Waals surface area (Å²) in [6.45, 7) is 9.88. The number of hydrogen-bond acceptors (Lipinski definition) is 2. The Kier molecular flexibility index (Phi) is 2.62. The van der Waals surface area contributed by atoms with E-state index in [0.717, 1.165) is 17.8 Å². The van der Waals surface area contributed by atoms with Gasteiger partial charge in [0.2, 0.25) is 0 Å². The van der Waals surface area contributed by atoms with E-state index < -0.39 is 0 Å². The molecule has 3 saturated carbocycles. The molecule has 3 fully saturated rings. The van der Waals surface area contributed by atoms with Crippen LogP contribution in [0.1, 0.15) is 46.5 Å². The molecule has 0 aromatic heterocycles. The van der Waals surface area contributed by atoms with E-state index in [0.29, 0.717) is 17.4 Å². The van der Waals surface area contributed by atoms with Crippen LogP contribution in [-0.2, 0) is 9.53 Å². The first-order valence-corrected chi connectivity index (χ1v) is 7.30. The topological polar surface area (TPSA) is 26.3 Å². The zero-order valence-electron chi connectivity index (χ0n) is 11.7.